The van der Waals surface area contributed by atoms with Crippen LogP contribution < -0.4 is 0 Å². The molecule has 0 spiro atoms. The van der Waals surface area contributed by atoms with Gasteiger partial charge in [-0.15, -0.1) is 0 Å². The Labute approximate surface area is 87.0 Å². The van der Waals surface area contributed by atoms with Crippen LogP contribution in [0.2, 0.25) is 0 Å². The SMILES string of the molecule is CC(O)CCc1nc2c(F)cccc2[nH]1. The maximum absolute atomic E-state index is 13.3. The first-order valence-electron chi connectivity index (χ1n) is 4.98. The quantitative estimate of drug-likeness (QED) is 0.810. The summed E-state index contributed by atoms with van der Waals surface area (Å²) in [6.45, 7) is 1.73. The van der Waals surface area contributed by atoms with E-state index in [0.29, 0.717) is 23.9 Å². The fourth-order valence-electron chi connectivity index (χ4n) is 1.51. The van der Waals surface area contributed by atoms with Gasteiger partial charge in [0.25, 0.3) is 0 Å². The maximum Gasteiger partial charge on any atom is 0.151 e. The van der Waals surface area contributed by atoms with Crippen molar-refractivity contribution >= 4 is 11.0 Å². The third-order valence-electron chi connectivity index (χ3n) is 2.31. The highest BCUT2D eigenvalue weighted by atomic mass is 19.1. The lowest BCUT2D eigenvalue weighted by Gasteiger charge is -1.99. The summed E-state index contributed by atoms with van der Waals surface area (Å²) in [4.78, 5) is 7.17. The Hall–Kier alpha value is -1.42. The molecule has 3 nitrogen and oxygen atoms in total. The van der Waals surface area contributed by atoms with E-state index < -0.39 is 0 Å². The lowest BCUT2D eigenvalue weighted by atomic mass is 10.2. The van der Waals surface area contributed by atoms with Gasteiger partial charge in [-0.3, -0.25) is 0 Å². The maximum atomic E-state index is 13.3. The van der Waals surface area contributed by atoms with Gasteiger partial charge in [0.1, 0.15) is 11.3 Å². The van der Waals surface area contributed by atoms with E-state index in [-0.39, 0.29) is 11.9 Å². The molecule has 0 fully saturated rings. The van der Waals surface area contributed by atoms with E-state index in [2.05, 4.69) is 9.97 Å². The summed E-state index contributed by atoms with van der Waals surface area (Å²) in [6.07, 6.45) is 0.899. The molecule has 0 saturated heterocycles. The summed E-state index contributed by atoms with van der Waals surface area (Å²) < 4.78 is 13.3. The standard InChI is InChI=1S/C11H13FN2O/c1-7(15)5-6-10-13-9-4-2-3-8(12)11(9)14-10/h2-4,7,15H,5-6H2,1H3,(H,13,14). The molecular formula is C11H13FN2O. The number of H-pyrrole nitrogens is 1. The molecule has 1 aromatic carbocycles. The van der Waals surface area contributed by atoms with Gasteiger partial charge in [-0.25, -0.2) is 9.37 Å². The van der Waals surface area contributed by atoms with Crippen molar-refractivity contribution in [3.63, 3.8) is 0 Å². The van der Waals surface area contributed by atoms with Crippen LogP contribution in [-0.2, 0) is 6.42 Å². The molecule has 0 bridgehead atoms. The Morgan fingerprint density at radius 1 is 1.53 bits per heavy atom. The number of aromatic amines is 1. The van der Waals surface area contributed by atoms with Gasteiger partial charge in [0.2, 0.25) is 0 Å². The number of aromatic nitrogens is 2. The molecule has 2 N–H and O–H groups in total. The van der Waals surface area contributed by atoms with E-state index in [1.807, 2.05) is 0 Å². The number of rotatable bonds is 3. The molecule has 2 rings (SSSR count). The lowest BCUT2D eigenvalue weighted by molar-refractivity contribution is 0.184. The molecule has 0 radical (unpaired) electrons. The fourth-order valence-corrected chi connectivity index (χ4v) is 1.51. The molecule has 4 heteroatoms. The van der Waals surface area contributed by atoms with Crippen LogP contribution in [0.4, 0.5) is 4.39 Å². The molecule has 80 valence electrons. The van der Waals surface area contributed by atoms with E-state index in [1.165, 1.54) is 6.07 Å². The van der Waals surface area contributed by atoms with Crippen molar-refractivity contribution in [1.29, 1.82) is 0 Å². The largest absolute Gasteiger partial charge is 0.393 e. The van der Waals surface area contributed by atoms with Crippen LogP contribution in [-0.4, -0.2) is 21.2 Å². The van der Waals surface area contributed by atoms with E-state index in [4.69, 9.17) is 5.11 Å². The van der Waals surface area contributed by atoms with Gasteiger partial charge >= 0.3 is 0 Å². The Morgan fingerprint density at radius 3 is 3.00 bits per heavy atom. The van der Waals surface area contributed by atoms with E-state index in [0.717, 1.165) is 5.82 Å². The summed E-state index contributed by atoms with van der Waals surface area (Å²) in [5, 5.41) is 9.13. The van der Waals surface area contributed by atoms with Crippen LogP contribution in [0, 0.1) is 5.82 Å². The van der Waals surface area contributed by atoms with Crippen molar-refractivity contribution in [2.45, 2.75) is 25.9 Å². The molecule has 0 aliphatic carbocycles. The molecule has 0 aliphatic rings. The second kappa shape index (κ2) is 3.98. The number of fused-ring (bicyclic) bond motifs is 1. The number of imidazole rings is 1. The Morgan fingerprint density at radius 2 is 2.33 bits per heavy atom. The number of aliphatic hydroxyl groups excluding tert-OH is 1. The van der Waals surface area contributed by atoms with Gasteiger partial charge in [0.05, 0.1) is 11.6 Å². The second-order valence-electron chi connectivity index (χ2n) is 3.71. The number of nitrogens with zero attached hydrogens (tertiary/aromatic N) is 1. The number of aryl methyl sites for hydroxylation is 1. The van der Waals surface area contributed by atoms with Gasteiger partial charge in [-0.2, -0.15) is 0 Å². The monoisotopic (exact) mass is 208 g/mol. The molecule has 0 aliphatic heterocycles. The Bertz CT molecular complexity index is 465. The smallest absolute Gasteiger partial charge is 0.151 e. The van der Waals surface area contributed by atoms with Gasteiger partial charge < -0.3 is 10.1 Å². The number of nitrogens with one attached hydrogen (secondary N) is 1. The minimum atomic E-state index is -0.358. The van der Waals surface area contributed by atoms with Crippen molar-refractivity contribution in [3.8, 4) is 0 Å². The third kappa shape index (κ3) is 2.15. The molecule has 1 unspecified atom stereocenters. The Balaban J connectivity index is 2.27. The third-order valence-corrected chi connectivity index (χ3v) is 2.31. The van der Waals surface area contributed by atoms with Crippen LogP contribution in [0.15, 0.2) is 18.2 Å². The molecule has 1 atom stereocenters. The summed E-state index contributed by atoms with van der Waals surface area (Å²) in [5.41, 5.74) is 1.08. The number of hydrogen-bond acceptors (Lipinski definition) is 2. The molecule has 1 aromatic heterocycles. The van der Waals surface area contributed by atoms with Crippen LogP contribution in [0.25, 0.3) is 11.0 Å². The first-order chi connectivity index (χ1) is 7.16. The van der Waals surface area contributed by atoms with Crippen LogP contribution >= 0.6 is 0 Å². The van der Waals surface area contributed by atoms with Crippen molar-refractivity contribution < 1.29 is 9.50 Å². The average Bonchev–Trinajstić information content (AvgIpc) is 2.59. The predicted molar refractivity (Wildman–Crippen MR) is 56.1 cm³/mol. The molecule has 2 aromatic rings. The molecule has 0 amide bonds. The number of aliphatic hydroxyl groups is 1. The Kier molecular flexibility index (Phi) is 2.68. The highest BCUT2D eigenvalue weighted by molar-refractivity contribution is 5.75. The average molecular weight is 208 g/mol. The summed E-state index contributed by atoms with van der Waals surface area (Å²) in [5.74, 6) is 0.406. The first-order valence-corrected chi connectivity index (χ1v) is 4.98. The summed E-state index contributed by atoms with van der Waals surface area (Å²) in [7, 11) is 0. The number of para-hydroxylation sites is 1. The van der Waals surface area contributed by atoms with Crippen molar-refractivity contribution in [2.75, 3.05) is 0 Å². The van der Waals surface area contributed by atoms with Gasteiger partial charge in [0, 0.05) is 6.42 Å². The minimum absolute atomic E-state index is 0.313. The number of hydrogen-bond donors (Lipinski definition) is 2. The number of halogens is 1. The van der Waals surface area contributed by atoms with Crippen molar-refractivity contribution in [3.05, 3.63) is 29.8 Å². The summed E-state index contributed by atoms with van der Waals surface area (Å²) in [6, 6.07) is 4.83. The van der Waals surface area contributed by atoms with Crippen molar-refractivity contribution in [1.82, 2.24) is 9.97 Å². The van der Waals surface area contributed by atoms with Crippen LogP contribution in [0.1, 0.15) is 19.2 Å². The summed E-state index contributed by atoms with van der Waals surface area (Å²) >= 11 is 0. The zero-order valence-electron chi connectivity index (χ0n) is 8.50. The van der Waals surface area contributed by atoms with Gasteiger partial charge in [-0.1, -0.05) is 6.07 Å². The van der Waals surface area contributed by atoms with E-state index >= 15 is 0 Å². The molecule has 1 heterocycles. The zero-order chi connectivity index (χ0) is 10.8. The lowest BCUT2D eigenvalue weighted by Crippen LogP contribution is -2.02. The van der Waals surface area contributed by atoms with E-state index in [9.17, 15) is 4.39 Å². The fraction of sp³-hybridized carbons (Fsp3) is 0.364. The van der Waals surface area contributed by atoms with Crippen LogP contribution in [0.3, 0.4) is 0 Å². The van der Waals surface area contributed by atoms with E-state index in [1.54, 1.807) is 19.1 Å². The van der Waals surface area contributed by atoms with Gasteiger partial charge in [0.15, 0.2) is 5.82 Å². The van der Waals surface area contributed by atoms with Crippen molar-refractivity contribution in [2.24, 2.45) is 0 Å². The topological polar surface area (TPSA) is 48.9 Å². The first kappa shape index (κ1) is 10.1. The molecular weight excluding hydrogens is 195 g/mol. The molecule has 15 heavy (non-hydrogen) atoms. The molecule has 0 saturated carbocycles. The second-order valence-corrected chi connectivity index (χ2v) is 3.71. The number of benzene rings is 1. The highest BCUT2D eigenvalue weighted by Crippen LogP contribution is 2.15. The highest BCUT2D eigenvalue weighted by Gasteiger charge is 2.07. The van der Waals surface area contributed by atoms with Crippen LogP contribution in [0.5, 0.6) is 0 Å². The zero-order valence-corrected chi connectivity index (χ0v) is 8.50. The predicted octanol–water partition coefficient (Wildman–Crippen LogP) is 2.02. The van der Waals surface area contributed by atoms with Gasteiger partial charge in [-0.05, 0) is 25.5 Å². The minimum Gasteiger partial charge on any atom is -0.393 e. The normalized spacial score (nSPS) is 13.3.